The first-order chi connectivity index (χ1) is 22.9. The third-order valence-corrected chi connectivity index (χ3v) is 9.77. The minimum absolute atomic E-state index is 0. The molecule has 276 valence electrons. The molecule has 0 saturated heterocycles. The molecule has 1 fully saturated rings. The number of unbranched alkanes of at least 4 members (excludes halogenated alkanes) is 15. The van der Waals surface area contributed by atoms with Crippen LogP contribution in [0.3, 0.4) is 0 Å². The van der Waals surface area contributed by atoms with E-state index >= 15 is 0 Å². The molecular formula is C39H68IN3O5. The summed E-state index contributed by atoms with van der Waals surface area (Å²) < 4.78 is 13.5. The molecule has 0 aromatic carbocycles. The van der Waals surface area contributed by atoms with Gasteiger partial charge in [0.05, 0.1) is 0 Å². The number of amides is 3. The largest absolute Gasteiger partial charge is 1.00 e. The highest BCUT2D eigenvalue weighted by Gasteiger charge is 2.36. The molecule has 1 aliphatic carbocycles. The maximum absolute atomic E-state index is 13.1. The number of nitrogens with one attached hydrogen (secondary N) is 1. The number of hydrogen-bond acceptors (Lipinski definition) is 5. The van der Waals surface area contributed by atoms with Crippen molar-refractivity contribution in [1.29, 1.82) is 0 Å². The van der Waals surface area contributed by atoms with Crippen LogP contribution >= 0.6 is 0 Å². The van der Waals surface area contributed by atoms with E-state index in [4.69, 9.17) is 9.47 Å². The number of imide groups is 1. The van der Waals surface area contributed by atoms with Gasteiger partial charge in [-0.15, -0.1) is 0 Å². The van der Waals surface area contributed by atoms with Gasteiger partial charge in [0.15, 0.2) is 6.20 Å². The zero-order valence-electron chi connectivity index (χ0n) is 30.7. The second-order valence-electron chi connectivity index (χ2n) is 13.9. The Morgan fingerprint density at radius 1 is 0.750 bits per heavy atom. The van der Waals surface area contributed by atoms with Crippen LogP contribution in [0.25, 0.3) is 0 Å². The summed E-state index contributed by atoms with van der Waals surface area (Å²) in [6.07, 6.45) is 27.9. The molecule has 0 aliphatic heterocycles. The first kappa shape index (κ1) is 44.1. The van der Waals surface area contributed by atoms with Crippen LogP contribution in [0.5, 0.6) is 0 Å². The summed E-state index contributed by atoms with van der Waals surface area (Å²) in [4.78, 5) is 39.3. The van der Waals surface area contributed by atoms with Crippen LogP contribution in [0, 0.1) is 5.41 Å². The fraction of sp³-hybridized carbons (Fsp3) is 0.795. The van der Waals surface area contributed by atoms with E-state index in [1.54, 1.807) is 0 Å². The van der Waals surface area contributed by atoms with E-state index in [9.17, 15) is 14.4 Å². The van der Waals surface area contributed by atoms with Crippen LogP contribution in [0.15, 0.2) is 24.4 Å². The molecule has 8 nitrogen and oxygen atoms in total. The fourth-order valence-electron chi connectivity index (χ4n) is 6.67. The monoisotopic (exact) mass is 785 g/mol. The number of halogens is 1. The Labute approximate surface area is 309 Å². The van der Waals surface area contributed by atoms with Crippen molar-refractivity contribution in [3.63, 3.8) is 0 Å². The molecule has 3 amide bonds. The molecule has 48 heavy (non-hydrogen) atoms. The average molecular weight is 786 g/mol. The molecular weight excluding hydrogens is 717 g/mol. The van der Waals surface area contributed by atoms with Gasteiger partial charge in [0.1, 0.15) is 26.3 Å². The SMILES string of the molecule is CCCCCCCCCCCCCCCCCCNC(=O)OCC1(COC(=O)N(Cc2cccc[n+]2CC)C(C)=O)CCCCCC1.[I-]. The normalized spacial score (nSPS) is 14.0. The van der Waals surface area contributed by atoms with E-state index in [1.807, 2.05) is 35.9 Å². The number of aryl methyl sites for hydroxylation is 1. The van der Waals surface area contributed by atoms with E-state index in [0.29, 0.717) is 6.54 Å². The van der Waals surface area contributed by atoms with Gasteiger partial charge in [-0.25, -0.2) is 19.1 Å². The minimum atomic E-state index is -0.652. The summed E-state index contributed by atoms with van der Waals surface area (Å²) in [5.74, 6) is -0.360. The van der Waals surface area contributed by atoms with Crippen molar-refractivity contribution >= 4 is 18.1 Å². The summed E-state index contributed by atoms with van der Waals surface area (Å²) in [7, 11) is 0. The molecule has 2 rings (SSSR count). The molecule has 1 heterocycles. The Bertz CT molecular complexity index is 1000. The van der Waals surface area contributed by atoms with Crippen LogP contribution in [0.1, 0.15) is 168 Å². The number of rotatable bonds is 24. The summed E-state index contributed by atoms with van der Waals surface area (Å²) in [6, 6.07) is 5.73. The number of alkyl carbamates (subject to hydrolysis) is 1. The molecule has 1 saturated carbocycles. The molecule has 0 bridgehead atoms. The van der Waals surface area contributed by atoms with Gasteiger partial charge < -0.3 is 38.8 Å². The van der Waals surface area contributed by atoms with Gasteiger partial charge in [-0.3, -0.25) is 4.79 Å². The summed E-state index contributed by atoms with van der Waals surface area (Å²) in [5.41, 5.74) is 0.423. The van der Waals surface area contributed by atoms with E-state index in [-0.39, 0.29) is 49.6 Å². The van der Waals surface area contributed by atoms with Crippen molar-refractivity contribution in [2.45, 2.75) is 175 Å². The highest BCUT2D eigenvalue weighted by Crippen LogP contribution is 2.36. The zero-order chi connectivity index (χ0) is 34.0. The van der Waals surface area contributed by atoms with Crippen molar-refractivity contribution in [2.75, 3.05) is 19.8 Å². The lowest BCUT2D eigenvalue weighted by molar-refractivity contribution is -0.701. The molecule has 0 atom stereocenters. The Hall–Kier alpha value is -1.91. The molecule has 1 aromatic heterocycles. The number of hydrogen-bond donors (Lipinski definition) is 1. The molecule has 1 aromatic rings. The summed E-state index contributed by atoms with van der Waals surface area (Å²) in [5, 5.41) is 2.92. The molecule has 0 spiro atoms. The van der Waals surface area contributed by atoms with E-state index in [0.717, 1.165) is 68.5 Å². The zero-order valence-corrected chi connectivity index (χ0v) is 32.9. The van der Waals surface area contributed by atoms with E-state index in [2.05, 4.69) is 12.2 Å². The van der Waals surface area contributed by atoms with Gasteiger partial charge in [-0.05, 0) is 26.2 Å². The van der Waals surface area contributed by atoms with Crippen molar-refractivity contribution in [1.82, 2.24) is 10.2 Å². The average Bonchev–Trinajstić information content (AvgIpc) is 3.32. The number of pyridine rings is 1. The van der Waals surface area contributed by atoms with Gasteiger partial charge in [-0.2, -0.15) is 0 Å². The highest BCUT2D eigenvalue weighted by atomic mass is 127. The van der Waals surface area contributed by atoms with Crippen molar-refractivity contribution in [3.8, 4) is 0 Å². The van der Waals surface area contributed by atoms with Gasteiger partial charge >= 0.3 is 12.2 Å². The van der Waals surface area contributed by atoms with Crippen molar-refractivity contribution in [3.05, 3.63) is 30.1 Å². The van der Waals surface area contributed by atoms with Gasteiger partial charge in [0.2, 0.25) is 11.6 Å². The molecule has 0 unspecified atom stereocenters. The van der Waals surface area contributed by atoms with Crippen molar-refractivity contribution < 1.29 is 52.4 Å². The minimum Gasteiger partial charge on any atom is -1.00 e. The Morgan fingerprint density at radius 3 is 1.79 bits per heavy atom. The number of carbonyl (C=O) groups is 3. The topological polar surface area (TPSA) is 88.8 Å². The second-order valence-corrected chi connectivity index (χ2v) is 13.9. The number of carbonyl (C=O) groups excluding carboxylic acids is 3. The molecule has 1 N–H and O–H groups in total. The standard InChI is InChI=1S/C39H67N3O5.HI/c1-4-6-7-8-9-10-11-12-13-14-15-16-17-18-21-25-30-40-37(44)46-33-39(28-23-19-20-24-29-39)34-47-38(45)42(35(3)43)32-36-27-22-26-31-41(36)5-2;/h22,26-27,31H,4-21,23-25,28-30,32-34H2,1-3H3;1H. The van der Waals surface area contributed by atoms with Gasteiger partial charge in [-0.1, -0.05) is 135 Å². The Morgan fingerprint density at radius 2 is 1.27 bits per heavy atom. The Kier molecular flexibility index (Phi) is 25.6. The molecule has 1 aliphatic rings. The Balaban J connectivity index is 0.0000115. The maximum atomic E-state index is 13.1. The van der Waals surface area contributed by atoms with Gasteiger partial charge in [0.25, 0.3) is 0 Å². The van der Waals surface area contributed by atoms with Crippen LogP contribution in [0.2, 0.25) is 0 Å². The third kappa shape index (κ3) is 19.3. The summed E-state index contributed by atoms with van der Waals surface area (Å²) in [6.45, 7) is 7.51. The van der Waals surface area contributed by atoms with Crippen LogP contribution in [-0.2, 0) is 27.4 Å². The highest BCUT2D eigenvalue weighted by molar-refractivity contribution is 5.90. The smallest absolute Gasteiger partial charge is 0.417 e. The number of ether oxygens (including phenoxy) is 2. The van der Waals surface area contributed by atoms with Crippen LogP contribution in [-0.4, -0.2) is 42.8 Å². The lowest BCUT2D eigenvalue weighted by Crippen LogP contribution is -3.00. The van der Waals surface area contributed by atoms with Crippen LogP contribution in [0.4, 0.5) is 9.59 Å². The maximum Gasteiger partial charge on any atom is 0.417 e. The quantitative estimate of drug-likeness (QED) is 0.0539. The first-order valence-corrected chi connectivity index (χ1v) is 19.2. The molecule has 9 heteroatoms. The molecule has 0 radical (unpaired) electrons. The second kappa shape index (κ2) is 27.9. The lowest BCUT2D eigenvalue weighted by atomic mass is 9.82. The fourth-order valence-corrected chi connectivity index (χ4v) is 6.67. The predicted octanol–water partition coefficient (Wildman–Crippen LogP) is 6.81. The lowest BCUT2D eigenvalue weighted by Gasteiger charge is -2.32. The van der Waals surface area contributed by atoms with Crippen LogP contribution < -0.4 is 33.9 Å². The van der Waals surface area contributed by atoms with Gasteiger partial charge in [0, 0.05) is 31.0 Å². The van der Waals surface area contributed by atoms with Crippen molar-refractivity contribution in [2.24, 2.45) is 5.41 Å². The predicted molar refractivity (Wildman–Crippen MR) is 189 cm³/mol. The van der Waals surface area contributed by atoms with E-state index in [1.165, 1.54) is 96.8 Å². The van der Waals surface area contributed by atoms with E-state index < -0.39 is 17.6 Å². The summed E-state index contributed by atoms with van der Waals surface area (Å²) >= 11 is 0. The number of nitrogens with zero attached hydrogens (tertiary/aromatic N) is 2. The number of aromatic nitrogens is 1. The third-order valence-electron chi connectivity index (χ3n) is 9.77. The first-order valence-electron chi connectivity index (χ1n) is 19.2.